The SMILES string of the molecule is NC(=O)C(C(C(N)=O)N1CCC(F)(F)CC1)N1CCOCC1. The lowest BCUT2D eigenvalue weighted by Gasteiger charge is -2.42. The minimum Gasteiger partial charge on any atom is -0.379 e. The van der Waals surface area contributed by atoms with Crippen LogP contribution in [0.5, 0.6) is 0 Å². The van der Waals surface area contributed by atoms with Crippen LogP contribution in [-0.4, -0.2) is 79.0 Å². The third-order valence-corrected chi connectivity index (χ3v) is 4.24. The summed E-state index contributed by atoms with van der Waals surface area (Å²) in [5.41, 5.74) is 10.9. The normalized spacial score (nSPS) is 26.3. The number of alkyl halides is 2. The van der Waals surface area contributed by atoms with Crippen molar-refractivity contribution in [1.29, 1.82) is 0 Å². The molecule has 0 aromatic heterocycles. The minimum absolute atomic E-state index is 0.00866. The summed E-state index contributed by atoms with van der Waals surface area (Å²) < 4.78 is 31.8. The Morgan fingerprint density at radius 2 is 1.32 bits per heavy atom. The number of hydrogen-bond acceptors (Lipinski definition) is 5. The molecule has 2 saturated heterocycles. The number of amides is 2. The Morgan fingerprint density at radius 1 is 0.909 bits per heavy atom. The Morgan fingerprint density at radius 3 is 1.73 bits per heavy atom. The summed E-state index contributed by atoms with van der Waals surface area (Å²) in [6, 6.07) is -1.92. The zero-order valence-corrected chi connectivity index (χ0v) is 12.3. The lowest BCUT2D eigenvalue weighted by atomic mass is 9.98. The molecule has 9 heteroatoms. The van der Waals surface area contributed by atoms with Crippen molar-refractivity contribution in [3.05, 3.63) is 0 Å². The molecule has 0 aliphatic carbocycles. The van der Waals surface area contributed by atoms with Gasteiger partial charge in [-0.15, -0.1) is 0 Å². The van der Waals surface area contributed by atoms with E-state index in [0.717, 1.165) is 0 Å². The smallest absolute Gasteiger partial charge is 0.250 e. The molecule has 22 heavy (non-hydrogen) atoms. The topological polar surface area (TPSA) is 102 Å². The van der Waals surface area contributed by atoms with Gasteiger partial charge in [0.2, 0.25) is 11.8 Å². The average Bonchev–Trinajstić information content (AvgIpc) is 2.45. The zero-order valence-electron chi connectivity index (χ0n) is 12.3. The highest BCUT2D eigenvalue weighted by Crippen LogP contribution is 2.29. The first-order valence-corrected chi connectivity index (χ1v) is 7.34. The zero-order chi connectivity index (χ0) is 16.3. The lowest BCUT2D eigenvalue weighted by Crippen LogP contribution is -2.65. The Hall–Kier alpha value is -1.32. The fourth-order valence-corrected chi connectivity index (χ4v) is 3.06. The molecule has 0 aromatic rings. The van der Waals surface area contributed by atoms with Gasteiger partial charge in [0, 0.05) is 39.0 Å². The van der Waals surface area contributed by atoms with Crippen molar-refractivity contribution in [2.45, 2.75) is 30.8 Å². The number of hydrogen-bond donors (Lipinski definition) is 2. The van der Waals surface area contributed by atoms with Crippen molar-refractivity contribution >= 4 is 11.8 Å². The van der Waals surface area contributed by atoms with Gasteiger partial charge in [0.05, 0.1) is 13.2 Å². The molecule has 2 heterocycles. The molecule has 4 N–H and O–H groups in total. The maximum atomic E-state index is 13.3. The summed E-state index contributed by atoms with van der Waals surface area (Å²) in [6.07, 6.45) is -0.712. The molecule has 2 fully saturated rings. The number of halogens is 2. The highest BCUT2D eigenvalue weighted by Gasteiger charge is 2.44. The van der Waals surface area contributed by atoms with Crippen molar-refractivity contribution in [3.8, 4) is 0 Å². The molecular weight excluding hydrogens is 298 g/mol. The first-order valence-electron chi connectivity index (χ1n) is 7.34. The van der Waals surface area contributed by atoms with Crippen LogP contribution in [0.4, 0.5) is 8.78 Å². The summed E-state index contributed by atoms with van der Waals surface area (Å²) >= 11 is 0. The predicted molar refractivity (Wildman–Crippen MR) is 74.1 cm³/mol. The Kier molecular flexibility index (Phi) is 5.30. The largest absolute Gasteiger partial charge is 0.379 e. The van der Waals surface area contributed by atoms with Crippen LogP contribution in [0, 0.1) is 0 Å². The number of rotatable bonds is 5. The fourth-order valence-electron chi connectivity index (χ4n) is 3.06. The second kappa shape index (κ2) is 6.84. The standard InChI is InChI=1S/C13H22F2N4O3/c14-13(15)1-3-18(4-2-13)9(11(16)20)10(12(17)21)19-5-7-22-8-6-19/h9-10H,1-8H2,(H2,16,20)(H2,17,21). The summed E-state index contributed by atoms with van der Waals surface area (Å²) in [4.78, 5) is 27.0. The Labute approximate surface area is 127 Å². The van der Waals surface area contributed by atoms with E-state index in [9.17, 15) is 18.4 Å². The second-order valence-corrected chi connectivity index (χ2v) is 5.73. The van der Waals surface area contributed by atoms with Crippen LogP contribution in [-0.2, 0) is 14.3 Å². The van der Waals surface area contributed by atoms with Crippen molar-refractivity contribution in [2.24, 2.45) is 11.5 Å². The second-order valence-electron chi connectivity index (χ2n) is 5.73. The van der Waals surface area contributed by atoms with Crippen LogP contribution in [0.1, 0.15) is 12.8 Å². The quantitative estimate of drug-likeness (QED) is 0.659. The van der Waals surface area contributed by atoms with Crippen molar-refractivity contribution < 1.29 is 23.1 Å². The molecule has 2 unspecified atom stereocenters. The van der Waals surface area contributed by atoms with E-state index in [4.69, 9.17) is 16.2 Å². The summed E-state index contributed by atoms with van der Waals surface area (Å²) in [5.74, 6) is -4.14. The number of primary amides is 2. The first-order chi connectivity index (χ1) is 10.3. The number of likely N-dealkylation sites (tertiary alicyclic amines) is 1. The van der Waals surface area contributed by atoms with Gasteiger partial charge in [0.25, 0.3) is 5.92 Å². The molecule has 0 saturated carbocycles. The van der Waals surface area contributed by atoms with Crippen LogP contribution in [0.2, 0.25) is 0 Å². The van der Waals surface area contributed by atoms with Crippen LogP contribution >= 0.6 is 0 Å². The van der Waals surface area contributed by atoms with Crippen molar-refractivity contribution in [3.63, 3.8) is 0 Å². The molecule has 2 aliphatic rings. The molecule has 2 amide bonds. The van der Waals surface area contributed by atoms with Crippen LogP contribution < -0.4 is 11.5 Å². The molecule has 2 atom stereocenters. The van der Waals surface area contributed by atoms with E-state index in [1.54, 1.807) is 9.80 Å². The maximum absolute atomic E-state index is 13.3. The molecular formula is C13H22F2N4O3. The Bertz CT molecular complexity index is 420. The molecule has 0 spiro atoms. The molecule has 126 valence electrons. The van der Waals surface area contributed by atoms with E-state index in [0.29, 0.717) is 26.3 Å². The van der Waals surface area contributed by atoms with Crippen molar-refractivity contribution in [1.82, 2.24) is 9.80 Å². The van der Waals surface area contributed by atoms with Gasteiger partial charge < -0.3 is 16.2 Å². The number of piperidine rings is 1. The van der Waals surface area contributed by atoms with E-state index in [1.807, 2.05) is 0 Å². The van der Waals surface area contributed by atoms with Gasteiger partial charge in [0.1, 0.15) is 12.1 Å². The van der Waals surface area contributed by atoms with E-state index in [2.05, 4.69) is 0 Å². The van der Waals surface area contributed by atoms with E-state index in [-0.39, 0.29) is 25.9 Å². The molecule has 0 bridgehead atoms. The monoisotopic (exact) mass is 320 g/mol. The predicted octanol–water partition coefficient (Wildman–Crippen LogP) is -1.24. The molecule has 0 radical (unpaired) electrons. The summed E-state index contributed by atoms with van der Waals surface area (Å²) in [6.45, 7) is 1.76. The molecule has 2 rings (SSSR count). The van der Waals surface area contributed by atoms with E-state index >= 15 is 0 Å². The number of ether oxygens (including phenoxy) is 1. The van der Waals surface area contributed by atoms with Crippen LogP contribution in [0.15, 0.2) is 0 Å². The Balaban J connectivity index is 2.16. The first kappa shape index (κ1) is 17.0. The number of nitrogens with two attached hydrogens (primary N) is 2. The third kappa shape index (κ3) is 3.90. The summed E-state index contributed by atoms with van der Waals surface area (Å²) in [7, 11) is 0. The third-order valence-electron chi connectivity index (χ3n) is 4.24. The van der Waals surface area contributed by atoms with Gasteiger partial charge in [0.15, 0.2) is 0 Å². The summed E-state index contributed by atoms with van der Waals surface area (Å²) in [5, 5.41) is 0. The maximum Gasteiger partial charge on any atom is 0.250 e. The highest BCUT2D eigenvalue weighted by molar-refractivity contribution is 5.91. The molecule has 7 nitrogen and oxygen atoms in total. The van der Waals surface area contributed by atoms with Crippen LogP contribution in [0.3, 0.4) is 0 Å². The number of nitrogens with zero attached hydrogens (tertiary/aromatic N) is 2. The van der Waals surface area contributed by atoms with Gasteiger partial charge in [-0.25, -0.2) is 8.78 Å². The average molecular weight is 320 g/mol. The van der Waals surface area contributed by atoms with Crippen molar-refractivity contribution in [2.75, 3.05) is 39.4 Å². The van der Waals surface area contributed by atoms with Crippen LogP contribution in [0.25, 0.3) is 0 Å². The highest BCUT2D eigenvalue weighted by atomic mass is 19.3. The van der Waals surface area contributed by atoms with Gasteiger partial charge in [-0.3, -0.25) is 19.4 Å². The van der Waals surface area contributed by atoms with E-state index < -0.39 is 29.8 Å². The van der Waals surface area contributed by atoms with Gasteiger partial charge in [-0.1, -0.05) is 0 Å². The number of carbonyl (C=O) groups excluding carboxylic acids is 2. The van der Waals surface area contributed by atoms with Gasteiger partial charge in [-0.2, -0.15) is 0 Å². The number of morpholine rings is 1. The van der Waals surface area contributed by atoms with Gasteiger partial charge in [-0.05, 0) is 0 Å². The lowest BCUT2D eigenvalue weighted by molar-refractivity contribution is -0.140. The molecule has 2 aliphatic heterocycles. The van der Waals surface area contributed by atoms with Gasteiger partial charge >= 0.3 is 0 Å². The molecule has 0 aromatic carbocycles. The minimum atomic E-state index is -2.74. The fraction of sp³-hybridized carbons (Fsp3) is 0.846. The van der Waals surface area contributed by atoms with E-state index in [1.165, 1.54) is 0 Å². The number of carbonyl (C=O) groups is 2.